The molecule has 0 spiro atoms. The normalized spacial score (nSPS) is 11.7. The molecule has 0 aliphatic carbocycles. The van der Waals surface area contributed by atoms with Crippen molar-refractivity contribution >= 4 is 39.4 Å². The summed E-state index contributed by atoms with van der Waals surface area (Å²) in [6.07, 6.45) is 4.55. The van der Waals surface area contributed by atoms with E-state index in [1.165, 1.54) is 10.7 Å². The SMILES string of the molecule is CCn1ncc2c1ncc1c(N)nc3c(C(=O)O)cnn3c12. The number of aryl methyl sites for hydroxylation is 1. The molecule has 0 aliphatic rings. The summed E-state index contributed by atoms with van der Waals surface area (Å²) in [6, 6.07) is 0. The van der Waals surface area contributed by atoms with Crippen LogP contribution in [0.4, 0.5) is 5.82 Å². The van der Waals surface area contributed by atoms with Crippen LogP contribution in [-0.2, 0) is 6.54 Å². The van der Waals surface area contributed by atoms with Crippen LogP contribution in [0.15, 0.2) is 18.6 Å². The Bertz CT molecular complexity index is 1060. The maximum atomic E-state index is 11.3. The maximum absolute atomic E-state index is 11.3. The highest BCUT2D eigenvalue weighted by Gasteiger charge is 2.19. The van der Waals surface area contributed by atoms with Crippen LogP contribution >= 0.6 is 0 Å². The predicted molar refractivity (Wildman–Crippen MR) is 78.6 cm³/mol. The van der Waals surface area contributed by atoms with Crippen LogP contribution in [0, 0.1) is 0 Å². The van der Waals surface area contributed by atoms with E-state index in [4.69, 9.17) is 5.73 Å². The molecule has 0 fully saturated rings. The number of nitrogen functional groups attached to an aromatic ring is 1. The Balaban J connectivity index is 2.27. The van der Waals surface area contributed by atoms with E-state index in [1.807, 2.05) is 6.92 Å². The Morgan fingerprint density at radius 3 is 2.77 bits per heavy atom. The number of pyridine rings is 1. The van der Waals surface area contributed by atoms with Crippen LogP contribution in [0.3, 0.4) is 0 Å². The third-order valence-electron chi connectivity index (χ3n) is 3.63. The van der Waals surface area contributed by atoms with Gasteiger partial charge in [-0.05, 0) is 6.92 Å². The van der Waals surface area contributed by atoms with Crippen molar-refractivity contribution in [3.8, 4) is 0 Å². The molecule has 3 N–H and O–H groups in total. The summed E-state index contributed by atoms with van der Waals surface area (Å²) in [7, 11) is 0. The molecule has 0 saturated carbocycles. The fourth-order valence-corrected chi connectivity index (χ4v) is 2.60. The zero-order chi connectivity index (χ0) is 15.4. The van der Waals surface area contributed by atoms with Crippen molar-refractivity contribution < 1.29 is 9.90 Å². The Hall–Kier alpha value is -3.23. The molecule has 9 heteroatoms. The number of carboxylic acids is 1. The molecule has 4 aromatic heterocycles. The van der Waals surface area contributed by atoms with Crippen LogP contribution in [0.2, 0.25) is 0 Å². The second-order valence-corrected chi connectivity index (χ2v) is 4.81. The highest BCUT2D eigenvalue weighted by molar-refractivity contribution is 6.07. The second-order valence-electron chi connectivity index (χ2n) is 4.81. The lowest BCUT2D eigenvalue weighted by Gasteiger charge is -2.06. The van der Waals surface area contributed by atoms with E-state index >= 15 is 0 Å². The number of hydrogen-bond acceptors (Lipinski definition) is 6. The largest absolute Gasteiger partial charge is 0.477 e. The summed E-state index contributed by atoms with van der Waals surface area (Å²) >= 11 is 0. The predicted octanol–water partition coefficient (Wildman–Crippen LogP) is 0.927. The van der Waals surface area contributed by atoms with Gasteiger partial charge in [0.2, 0.25) is 0 Å². The number of carboxylic acid groups (broad SMARTS) is 1. The van der Waals surface area contributed by atoms with Crippen LogP contribution < -0.4 is 5.73 Å². The number of fused-ring (bicyclic) bond motifs is 5. The Labute approximate surface area is 123 Å². The molecule has 0 bridgehead atoms. The van der Waals surface area contributed by atoms with Gasteiger partial charge < -0.3 is 10.8 Å². The lowest BCUT2D eigenvalue weighted by atomic mass is 10.2. The first-order valence-corrected chi connectivity index (χ1v) is 6.62. The van der Waals surface area contributed by atoms with Gasteiger partial charge in [0, 0.05) is 12.7 Å². The average Bonchev–Trinajstić information content (AvgIpc) is 3.09. The van der Waals surface area contributed by atoms with Crippen molar-refractivity contribution in [1.29, 1.82) is 0 Å². The number of nitrogens with zero attached hydrogens (tertiary/aromatic N) is 6. The van der Waals surface area contributed by atoms with E-state index in [0.717, 1.165) is 5.39 Å². The van der Waals surface area contributed by atoms with Gasteiger partial charge in [-0.15, -0.1) is 0 Å². The van der Waals surface area contributed by atoms with Crippen LogP contribution in [0.5, 0.6) is 0 Å². The molecule has 4 aromatic rings. The molecular weight excluding hydrogens is 286 g/mol. The number of hydrogen-bond donors (Lipinski definition) is 2. The van der Waals surface area contributed by atoms with E-state index in [1.54, 1.807) is 17.1 Å². The van der Waals surface area contributed by atoms with Gasteiger partial charge in [-0.1, -0.05) is 0 Å². The summed E-state index contributed by atoms with van der Waals surface area (Å²) < 4.78 is 3.22. The van der Waals surface area contributed by atoms with Crippen molar-refractivity contribution in [2.45, 2.75) is 13.5 Å². The van der Waals surface area contributed by atoms with Gasteiger partial charge >= 0.3 is 5.97 Å². The van der Waals surface area contributed by atoms with E-state index in [0.29, 0.717) is 23.1 Å². The molecule has 9 nitrogen and oxygen atoms in total. The van der Waals surface area contributed by atoms with E-state index < -0.39 is 5.97 Å². The van der Waals surface area contributed by atoms with Crippen molar-refractivity contribution in [3.63, 3.8) is 0 Å². The van der Waals surface area contributed by atoms with Gasteiger partial charge in [0.1, 0.15) is 11.4 Å². The Morgan fingerprint density at radius 1 is 1.23 bits per heavy atom. The molecule has 4 rings (SSSR count). The number of anilines is 1. The van der Waals surface area contributed by atoms with Gasteiger partial charge in [0.25, 0.3) is 0 Å². The summed E-state index contributed by atoms with van der Waals surface area (Å²) in [5, 5.41) is 19.0. The monoisotopic (exact) mass is 297 g/mol. The summed E-state index contributed by atoms with van der Waals surface area (Å²) in [4.78, 5) is 19.8. The molecule has 110 valence electrons. The molecule has 22 heavy (non-hydrogen) atoms. The molecular formula is C13H11N7O2. The van der Waals surface area contributed by atoms with Gasteiger partial charge in [-0.3, -0.25) is 0 Å². The number of aromatic nitrogens is 6. The third kappa shape index (κ3) is 1.44. The molecule has 0 saturated heterocycles. The number of rotatable bonds is 2. The fourth-order valence-electron chi connectivity index (χ4n) is 2.60. The molecule has 4 heterocycles. The number of aromatic carboxylic acids is 1. The van der Waals surface area contributed by atoms with E-state index in [2.05, 4.69) is 20.2 Å². The summed E-state index contributed by atoms with van der Waals surface area (Å²) in [5.41, 5.74) is 7.51. The minimum atomic E-state index is -1.10. The lowest BCUT2D eigenvalue weighted by molar-refractivity contribution is 0.0699. The minimum absolute atomic E-state index is 0.00134. The first-order valence-electron chi connectivity index (χ1n) is 6.62. The molecule has 0 aromatic carbocycles. The number of nitrogens with two attached hydrogens (primary N) is 1. The Morgan fingerprint density at radius 2 is 2.05 bits per heavy atom. The lowest BCUT2D eigenvalue weighted by Crippen LogP contribution is -2.04. The third-order valence-corrected chi connectivity index (χ3v) is 3.63. The van der Waals surface area contributed by atoms with E-state index in [-0.39, 0.29) is 17.0 Å². The summed E-state index contributed by atoms with van der Waals surface area (Å²) in [6.45, 7) is 2.64. The smallest absolute Gasteiger partial charge is 0.341 e. The first-order chi connectivity index (χ1) is 10.6. The van der Waals surface area contributed by atoms with Crippen molar-refractivity contribution in [2.75, 3.05) is 5.73 Å². The van der Waals surface area contributed by atoms with Crippen molar-refractivity contribution in [2.24, 2.45) is 0 Å². The maximum Gasteiger partial charge on any atom is 0.341 e. The highest BCUT2D eigenvalue weighted by Crippen LogP contribution is 2.28. The molecule has 0 atom stereocenters. The minimum Gasteiger partial charge on any atom is -0.477 e. The second kappa shape index (κ2) is 4.13. The van der Waals surface area contributed by atoms with Crippen molar-refractivity contribution in [3.05, 3.63) is 24.2 Å². The van der Waals surface area contributed by atoms with Crippen LogP contribution in [0.1, 0.15) is 17.3 Å². The van der Waals surface area contributed by atoms with Crippen LogP contribution in [-0.4, -0.2) is 40.4 Å². The van der Waals surface area contributed by atoms with Crippen molar-refractivity contribution in [1.82, 2.24) is 29.4 Å². The first kappa shape index (κ1) is 12.5. The topological polar surface area (TPSA) is 124 Å². The molecule has 0 aliphatic heterocycles. The van der Waals surface area contributed by atoms with Gasteiger partial charge in [-0.25, -0.2) is 24.0 Å². The molecule has 0 radical (unpaired) electrons. The summed E-state index contributed by atoms with van der Waals surface area (Å²) in [5.74, 6) is -0.889. The Kier molecular flexibility index (Phi) is 2.35. The highest BCUT2D eigenvalue weighted by atomic mass is 16.4. The standard InChI is InChI=1S/C13H11N7O2/c1-2-19-11-7(4-16-19)9-6(3-15-11)10(14)18-12-8(13(21)22)5-17-20(9)12/h3-5H,2H2,1H3,(H2,14,18)(H,21,22). The quantitative estimate of drug-likeness (QED) is 0.563. The molecule has 0 amide bonds. The van der Waals surface area contributed by atoms with Gasteiger partial charge in [-0.2, -0.15) is 10.2 Å². The zero-order valence-corrected chi connectivity index (χ0v) is 11.6. The average molecular weight is 297 g/mol. The number of carbonyl (C=O) groups is 1. The fraction of sp³-hybridized carbons (Fsp3) is 0.154. The molecule has 0 unspecified atom stereocenters. The zero-order valence-electron chi connectivity index (χ0n) is 11.6. The van der Waals surface area contributed by atoms with E-state index in [9.17, 15) is 9.90 Å². The van der Waals surface area contributed by atoms with Crippen LogP contribution in [0.25, 0.3) is 27.6 Å². The van der Waals surface area contributed by atoms with Gasteiger partial charge in [0.05, 0.1) is 28.7 Å². The van der Waals surface area contributed by atoms with Gasteiger partial charge in [0.15, 0.2) is 11.3 Å².